The van der Waals surface area contributed by atoms with E-state index in [0.29, 0.717) is 11.1 Å². The molecule has 0 spiro atoms. The lowest BCUT2D eigenvalue weighted by Gasteiger charge is -2.27. The molecule has 0 aliphatic rings. The van der Waals surface area contributed by atoms with Crippen LogP contribution in [0, 0.1) is 11.6 Å². The van der Waals surface area contributed by atoms with Crippen molar-refractivity contribution in [2.75, 3.05) is 7.11 Å². The molecule has 178 valence electrons. The number of methoxy groups -OCH3 is 1. The van der Waals surface area contributed by atoms with Gasteiger partial charge in [0.05, 0.1) is 7.11 Å². The number of ether oxygens (including phenoxy) is 2. The second-order valence-corrected chi connectivity index (χ2v) is 8.04. The molecule has 3 aromatic rings. The molecule has 9 heteroatoms. The molecular weight excluding hydrogens is 462 g/mol. The van der Waals surface area contributed by atoms with E-state index in [9.17, 15) is 18.7 Å². The zero-order chi connectivity index (χ0) is 24.8. The van der Waals surface area contributed by atoms with Gasteiger partial charge in [-0.3, -0.25) is 0 Å². The van der Waals surface area contributed by atoms with E-state index in [0.717, 1.165) is 0 Å². The largest absolute Gasteiger partial charge is 0.503 e. The first-order valence-corrected chi connectivity index (χ1v) is 10.9. The van der Waals surface area contributed by atoms with Crippen LogP contribution < -0.4 is 10.1 Å². The molecule has 1 heterocycles. The van der Waals surface area contributed by atoms with Crippen molar-refractivity contribution >= 4 is 23.2 Å². The topological polar surface area (TPSA) is 80.7 Å². The molecule has 2 aromatic carbocycles. The standard InChI is InChI=1S/C25H24F2N2O4S/c1-14(29-24(34)22-23(30)20(32-3)12-13-28-22)25(31)33-15(2)21(16-4-8-18(26)9-5-16)17-6-10-19(27)11-7-17/h4-15,21,30H,1-3H3,(H,29,34)/t14-,15-/m1/s1. The lowest BCUT2D eigenvalue weighted by atomic mass is 9.87. The van der Waals surface area contributed by atoms with E-state index in [1.165, 1.54) is 43.6 Å². The van der Waals surface area contributed by atoms with Gasteiger partial charge in [0, 0.05) is 18.2 Å². The van der Waals surface area contributed by atoms with Crippen LogP contribution in [0.15, 0.2) is 60.8 Å². The van der Waals surface area contributed by atoms with Gasteiger partial charge in [-0.1, -0.05) is 36.5 Å². The fraction of sp³-hybridized carbons (Fsp3) is 0.240. The van der Waals surface area contributed by atoms with Crippen LogP contribution in [0.5, 0.6) is 11.5 Å². The van der Waals surface area contributed by atoms with Crippen LogP contribution in [-0.2, 0) is 9.53 Å². The van der Waals surface area contributed by atoms with Gasteiger partial charge in [-0.05, 0) is 49.2 Å². The summed E-state index contributed by atoms with van der Waals surface area (Å²) in [5.74, 6) is -1.91. The van der Waals surface area contributed by atoms with Gasteiger partial charge in [0.15, 0.2) is 11.5 Å². The number of aromatic hydroxyl groups is 1. The van der Waals surface area contributed by atoms with Gasteiger partial charge in [0.25, 0.3) is 0 Å². The van der Waals surface area contributed by atoms with E-state index in [-0.39, 0.29) is 22.2 Å². The number of benzene rings is 2. The number of nitrogens with zero attached hydrogens (tertiary/aromatic N) is 1. The van der Waals surface area contributed by atoms with E-state index in [2.05, 4.69) is 10.3 Å². The third-order valence-electron chi connectivity index (χ3n) is 5.25. The Kier molecular flexibility index (Phi) is 8.12. The minimum atomic E-state index is -0.871. The highest BCUT2D eigenvalue weighted by atomic mass is 32.1. The van der Waals surface area contributed by atoms with Crippen molar-refractivity contribution in [1.29, 1.82) is 0 Å². The third-order valence-corrected chi connectivity index (χ3v) is 5.56. The average Bonchev–Trinajstić information content (AvgIpc) is 2.81. The molecule has 0 radical (unpaired) electrons. The number of aromatic nitrogens is 1. The number of rotatable bonds is 8. The van der Waals surface area contributed by atoms with E-state index >= 15 is 0 Å². The van der Waals surface area contributed by atoms with Gasteiger partial charge in [-0.15, -0.1) is 0 Å². The average molecular weight is 487 g/mol. The van der Waals surface area contributed by atoms with Crippen molar-refractivity contribution in [3.05, 3.63) is 89.2 Å². The van der Waals surface area contributed by atoms with E-state index in [1.54, 1.807) is 38.1 Å². The van der Waals surface area contributed by atoms with Crippen molar-refractivity contribution in [2.45, 2.75) is 31.9 Å². The zero-order valence-electron chi connectivity index (χ0n) is 18.8. The Balaban J connectivity index is 1.76. The first-order chi connectivity index (χ1) is 16.2. The van der Waals surface area contributed by atoms with Crippen LogP contribution in [0.2, 0.25) is 0 Å². The molecule has 2 N–H and O–H groups in total. The van der Waals surface area contributed by atoms with E-state index in [4.69, 9.17) is 21.7 Å². The maximum absolute atomic E-state index is 13.5. The molecule has 3 rings (SSSR count). The lowest BCUT2D eigenvalue weighted by molar-refractivity contribution is -0.150. The minimum absolute atomic E-state index is 0.0436. The molecule has 0 saturated carbocycles. The van der Waals surface area contributed by atoms with Gasteiger partial charge in [0.2, 0.25) is 0 Å². The molecule has 1 aromatic heterocycles. The molecule has 0 aliphatic heterocycles. The molecule has 34 heavy (non-hydrogen) atoms. The Morgan fingerprint density at radius 1 is 1.00 bits per heavy atom. The van der Waals surface area contributed by atoms with Crippen molar-refractivity contribution < 1.29 is 28.2 Å². The van der Waals surface area contributed by atoms with E-state index < -0.39 is 35.7 Å². The number of thiocarbonyl (C=S) groups is 1. The molecule has 0 bridgehead atoms. The highest BCUT2D eigenvalue weighted by molar-refractivity contribution is 7.80. The summed E-state index contributed by atoms with van der Waals surface area (Å²) in [7, 11) is 1.40. The second kappa shape index (κ2) is 11.0. The van der Waals surface area contributed by atoms with Gasteiger partial charge in [0.1, 0.15) is 34.5 Å². The molecule has 0 fully saturated rings. The molecule has 0 amide bonds. The van der Waals surface area contributed by atoms with Crippen molar-refractivity contribution in [3.8, 4) is 11.5 Å². The van der Waals surface area contributed by atoms with Crippen molar-refractivity contribution in [3.63, 3.8) is 0 Å². The summed E-state index contributed by atoms with van der Waals surface area (Å²) in [4.78, 5) is 16.9. The Bertz CT molecular complexity index is 1110. The fourth-order valence-electron chi connectivity index (χ4n) is 3.52. The molecule has 0 saturated heterocycles. The van der Waals surface area contributed by atoms with Crippen LogP contribution in [0.3, 0.4) is 0 Å². The summed E-state index contributed by atoms with van der Waals surface area (Å²) in [5.41, 5.74) is 1.47. The van der Waals surface area contributed by atoms with E-state index in [1.807, 2.05) is 0 Å². The summed E-state index contributed by atoms with van der Waals surface area (Å²) in [6.07, 6.45) is 0.743. The number of esters is 1. The summed E-state index contributed by atoms with van der Waals surface area (Å²) < 4.78 is 37.7. The maximum atomic E-state index is 13.5. The lowest BCUT2D eigenvalue weighted by Crippen LogP contribution is -2.41. The highest BCUT2D eigenvalue weighted by Gasteiger charge is 2.28. The Morgan fingerprint density at radius 2 is 1.53 bits per heavy atom. The summed E-state index contributed by atoms with van der Waals surface area (Å²) in [6.45, 7) is 3.26. The molecule has 6 nitrogen and oxygen atoms in total. The molecule has 0 unspecified atom stereocenters. The van der Waals surface area contributed by atoms with Gasteiger partial charge >= 0.3 is 5.97 Å². The number of nitrogens with one attached hydrogen (secondary N) is 1. The molecule has 0 aliphatic carbocycles. The first-order valence-electron chi connectivity index (χ1n) is 10.5. The van der Waals surface area contributed by atoms with Crippen molar-refractivity contribution in [1.82, 2.24) is 10.3 Å². The van der Waals surface area contributed by atoms with Gasteiger partial charge in [-0.2, -0.15) is 0 Å². The molecule has 2 atom stereocenters. The number of carbonyl (C=O) groups is 1. The monoisotopic (exact) mass is 486 g/mol. The third kappa shape index (κ3) is 5.85. The Labute approximate surface area is 201 Å². The molecular formula is C25H24F2N2O4S. The number of hydrogen-bond acceptors (Lipinski definition) is 6. The maximum Gasteiger partial charge on any atom is 0.328 e. The van der Waals surface area contributed by atoms with Crippen molar-refractivity contribution in [2.24, 2.45) is 0 Å². The zero-order valence-corrected chi connectivity index (χ0v) is 19.6. The van der Waals surface area contributed by atoms with Crippen LogP contribution in [0.1, 0.15) is 36.6 Å². The SMILES string of the molecule is COc1ccnc(C(=S)N[C@H](C)C(=O)O[C@H](C)C(c2ccc(F)cc2)c2ccc(F)cc2)c1O. The summed E-state index contributed by atoms with van der Waals surface area (Å²) >= 11 is 5.29. The van der Waals surface area contributed by atoms with Crippen LogP contribution >= 0.6 is 12.2 Å². The number of pyridine rings is 1. The first kappa shape index (κ1) is 25.0. The summed E-state index contributed by atoms with van der Waals surface area (Å²) in [6, 6.07) is 12.3. The number of hydrogen-bond donors (Lipinski definition) is 2. The van der Waals surface area contributed by atoms with Gasteiger partial charge < -0.3 is 19.9 Å². The van der Waals surface area contributed by atoms with Crippen LogP contribution in [0.25, 0.3) is 0 Å². The van der Waals surface area contributed by atoms with Gasteiger partial charge in [-0.25, -0.2) is 18.6 Å². The van der Waals surface area contributed by atoms with Crippen LogP contribution in [-0.4, -0.2) is 40.3 Å². The predicted molar refractivity (Wildman–Crippen MR) is 127 cm³/mol. The minimum Gasteiger partial charge on any atom is -0.503 e. The number of halogens is 2. The second-order valence-electron chi connectivity index (χ2n) is 7.63. The highest BCUT2D eigenvalue weighted by Crippen LogP contribution is 2.31. The van der Waals surface area contributed by atoms with Crippen LogP contribution in [0.4, 0.5) is 8.78 Å². The summed E-state index contributed by atoms with van der Waals surface area (Å²) in [5, 5.41) is 13.0. The Hall–Kier alpha value is -3.59. The number of carbonyl (C=O) groups excluding carboxylic acids is 1. The fourth-order valence-corrected chi connectivity index (χ4v) is 3.85. The quantitative estimate of drug-likeness (QED) is 0.359. The normalized spacial score (nSPS) is 12.6. The Morgan fingerprint density at radius 3 is 2.03 bits per heavy atom. The smallest absolute Gasteiger partial charge is 0.328 e. The predicted octanol–water partition coefficient (Wildman–Crippen LogP) is 4.49.